The van der Waals surface area contributed by atoms with Gasteiger partial charge in [0.05, 0.1) is 30.2 Å². The third-order valence-electron chi connectivity index (χ3n) is 6.64. The maximum atomic E-state index is 13.6. The van der Waals surface area contributed by atoms with Crippen molar-refractivity contribution in [3.8, 4) is 0 Å². The van der Waals surface area contributed by atoms with E-state index in [0.29, 0.717) is 25.3 Å². The summed E-state index contributed by atoms with van der Waals surface area (Å²) in [6, 6.07) is 25.9. The van der Waals surface area contributed by atoms with Crippen molar-refractivity contribution in [2.24, 2.45) is 0 Å². The van der Waals surface area contributed by atoms with E-state index >= 15 is 0 Å². The Balaban J connectivity index is 1.54. The summed E-state index contributed by atoms with van der Waals surface area (Å²) in [5, 5.41) is 3.58. The highest BCUT2D eigenvalue weighted by Gasteiger charge is 2.30. The summed E-state index contributed by atoms with van der Waals surface area (Å²) in [7, 11) is -3.78. The van der Waals surface area contributed by atoms with Crippen LogP contribution in [0.4, 0.5) is 0 Å². The van der Waals surface area contributed by atoms with Crippen molar-refractivity contribution < 1.29 is 13.2 Å². The van der Waals surface area contributed by atoms with Gasteiger partial charge in [-0.05, 0) is 55.0 Å². The number of hydrogen-bond donors (Lipinski definition) is 2. The third kappa shape index (κ3) is 7.49. The summed E-state index contributed by atoms with van der Waals surface area (Å²) >= 11 is 0. The molecule has 4 rings (SSSR count). The van der Waals surface area contributed by atoms with E-state index in [0.717, 1.165) is 24.0 Å². The fraction of sp³-hybridized carbons (Fsp3) is 0.290. The second kappa shape index (κ2) is 13.0. The minimum absolute atomic E-state index is 0.288. The Bertz CT molecular complexity index is 1320. The predicted molar refractivity (Wildman–Crippen MR) is 150 cm³/mol. The highest BCUT2D eigenvalue weighted by molar-refractivity contribution is 7.89. The molecule has 0 unspecified atom stereocenters. The standard InChI is InChI=1S/C31H36N2O3S/c1-24-17-19-26(20-18-24)23-36-22-21-32-30(27-12-5-3-6-13-27)31(28-14-7-4-8-15-28)33-37(34,35)29-16-10-9-11-25(29)2/h3-17,20,30-33H,18-19,21-23H2,1-2H3/t30-,31-/m1/s1. The number of aryl methyl sites for hydroxylation is 1. The molecule has 6 heteroatoms. The molecule has 5 nitrogen and oxygen atoms in total. The van der Waals surface area contributed by atoms with Gasteiger partial charge < -0.3 is 10.1 Å². The summed E-state index contributed by atoms with van der Waals surface area (Å²) in [5.74, 6) is 0. The van der Waals surface area contributed by atoms with Gasteiger partial charge in [0.2, 0.25) is 10.0 Å². The SMILES string of the molecule is CC1=CCC(COCCN[C@H](c2ccccc2)[C@H](NS(=O)(=O)c2ccccc2C)c2ccccc2)=CC1. The number of allylic oxidation sites excluding steroid dienone is 3. The highest BCUT2D eigenvalue weighted by Crippen LogP contribution is 2.31. The van der Waals surface area contributed by atoms with Crippen molar-refractivity contribution in [1.82, 2.24) is 10.0 Å². The van der Waals surface area contributed by atoms with Gasteiger partial charge in [0.25, 0.3) is 0 Å². The van der Waals surface area contributed by atoms with Crippen LogP contribution >= 0.6 is 0 Å². The van der Waals surface area contributed by atoms with Gasteiger partial charge in [-0.15, -0.1) is 0 Å². The molecule has 0 spiro atoms. The fourth-order valence-electron chi connectivity index (χ4n) is 4.55. The molecule has 1 aliphatic rings. The second-order valence-corrected chi connectivity index (χ2v) is 11.2. The van der Waals surface area contributed by atoms with E-state index in [1.165, 1.54) is 11.1 Å². The first-order valence-corrected chi connectivity index (χ1v) is 14.2. The van der Waals surface area contributed by atoms with Crippen molar-refractivity contribution in [3.63, 3.8) is 0 Å². The number of nitrogens with one attached hydrogen (secondary N) is 2. The number of ether oxygens (including phenoxy) is 1. The number of benzene rings is 3. The van der Waals surface area contributed by atoms with Crippen LogP contribution in [0.1, 0.15) is 48.5 Å². The van der Waals surface area contributed by atoms with Crippen LogP contribution in [0.25, 0.3) is 0 Å². The average Bonchev–Trinajstić information content (AvgIpc) is 2.92. The van der Waals surface area contributed by atoms with Gasteiger partial charge >= 0.3 is 0 Å². The van der Waals surface area contributed by atoms with Crippen molar-refractivity contribution >= 4 is 10.0 Å². The Morgan fingerprint density at radius 3 is 2.03 bits per heavy atom. The van der Waals surface area contributed by atoms with Crippen molar-refractivity contribution in [1.29, 1.82) is 0 Å². The van der Waals surface area contributed by atoms with Crippen LogP contribution in [-0.4, -0.2) is 28.2 Å². The zero-order valence-electron chi connectivity index (χ0n) is 21.6. The lowest BCUT2D eigenvalue weighted by Gasteiger charge is -2.30. The normalized spacial score (nSPS) is 15.5. The van der Waals surface area contributed by atoms with Crippen LogP contribution in [0.15, 0.2) is 113 Å². The monoisotopic (exact) mass is 516 g/mol. The molecule has 0 heterocycles. The van der Waals surface area contributed by atoms with E-state index in [4.69, 9.17) is 4.74 Å². The fourth-order valence-corrected chi connectivity index (χ4v) is 6.03. The number of rotatable bonds is 12. The molecule has 0 aromatic heterocycles. The Morgan fingerprint density at radius 1 is 0.784 bits per heavy atom. The molecule has 0 bridgehead atoms. The lowest BCUT2D eigenvalue weighted by Crippen LogP contribution is -2.39. The molecule has 194 valence electrons. The summed E-state index contributed by atoms with van der Waals surface area (Å²) < 4.78 is 36.1. The topological polar surface area (TPSA) is 67.4 Å². The van der Waals surface area contributed by atoms with Crippen molar-refractivity contribution in [2.75, 3.05) is 19.8 Å². The van der Waals surface area contributed by atoms with Gasteiger partial charge in [-0.2, -0.15) is 0 Å². The molecule has 0 amide bonds. The molecule has 2 N–H and O–H groups in total. The quantitative estimate of drug-likeness (QED) is 0.228. The van der Waals surface area contributed by atoms with Gasteiger partial charge in [-0.25, -0.2) is 13.1 Å². The Morgan fingerprint density at radius 2 is 1.41 bits per heavy atom. The van der Waals surface area contributed by atoms with E-state index in [9.17, 15) is 8.42 Å². The summed E-state index contributed by atoms with van der Waals surface area (Å²) in [6.07, 6.45) is 6.45. The molecule has 0 saturated heterocycles. The van der Waals surface area contributed by atoms with Crippen LogP contribution in [0.2, 0.25) is 0 Å². The average molecular weight is 517 g/mol. The number of hydrogen-bond acceptors (Lipinski definition) is 4. The van der Waals surface area contributed by atoms with E-state index in [2.05, 4.69) is 29.1 Å². The lowest BCUT2D eigenvalue weighted by molar-refractivity contribution is 0.152. The molecule has 0 fully saturated rings. The minimum atomic E-state index is -3.78. The first-order chi connectivity index (χ1) is 17.9. The highest BCUT2D eigenvalue weighted by atomic mass is 32.2. The summed E-state index contributed by atoms with van der Waals surface area (Å²) in [4.78, 5) is 0.288. The maximum Gasteiger partial charge on any atom is 0.241 e. The first-order valence-electron chi connectivity index (χ1n) is 12.8. The predicted octanol–water partition coefficient (Wildman–Crippen LogP) is 6.03. The van der Waals surface area contributed by atoms with E-state index < -0.39 is 16.1 Å². The van der Waals surface area contributed by atoms with Crippen LogP contribution < -0.4 is 10.0 Å². The first kappa shape index (κ1) is 27.0. The molecule has 3 aromatic rings. The van der Waals surface area contributed by atoms with E-state index in [1.54, 1.807) is 12.1 Å². The molecule has 37 heavy (non-hydrogen) atoms. The third-order valence-corrected chi connectivity index (χ3v) is 8.24. The van der Waals surface area contributed by atoms with Gasteiger partial charge in [-0.1, -0.05) is 96.6 Å². The van der Waals surface area contributed by atoms with E-state index in [1.807, 2.05) is 79.7 Å². The molecular weight excluding hydrogens is 480 g/mol. The van der Waals surface area contributed by atoms with Crippen LogP contribution in [0.3, 0.4) is 0 Å². The summed E-state index contributed by atoms with van der Waals surface area (Å²) in [6.45, 7) is 5.68. The van der Waals surface area contributed by atoms with Gasteiger partial charge in [0.15, 0.2) is 0 Å². The lowest BCUT2D eigenvalue weighted by atomic mass is 9.94. The van der Waals surface area contributed by atoms with Crippen molar-refractivity contribution in [2.45, 2.75) is 43.7 Å². The molecule has 1 aliphatic carbocycles. The zero-order chi connectivity index (χ0) is 26.1. The van der Waals surface area contributed by atoms with Crippen molar-refractivity contribution in [3.05, 3.63) is 125 Å². The Kier molecular flexibility index (Phi) is 9.47. The maximum absolute atomic E-state index is 13.6. The Hall–Kier alpha value is -3.03. The largest absolute Gasteiger partial charge is 0.376 e. The van der Waals surface area contributed by atoms with Crippen LogP contribution in [0.5, 0.6) is 0 Å². The van der Waals surface area contributed by atoms with Gasteiger partial charge in [0.1, 0.15) is 0 Å². The van der Waals surface area contributed by atoms with Crippen LogP contribution in [0, 0.1) is 6.92 Å². The second-order valence-electron chi connectivity index (χ2n) is 9.49. The smallest absolute Gasteiger partial charge is 0.241 e. The minimum Gasteiger partial charge on any atom is -0.376 e. The van der Waals surface area contributed by atoms with E-state index in [-0.39, 0.29) is 10.9 Å². The molecule has 3 aromatic carbocycles. The summed E-state index contributed by atoms with van der Waals surface area (Å²) in [5.41, 5.74) is 5.30. The molecular formula is C31H36N2O3S. The molecule has 2 atom stereocenters. The van der Waals surface area contributed by atoms with Gasteiger partial charge in [-0.3, -0.25) is 0 Å². The molecule has 0 saturated carbocycles. The molecule has 0 aliphatic heterocycles. The Labute approximate surface area is 221 Å². The zero-order valence-corrected chi connectivity index (χ0v) is 22.4. The van der Waals surface area contributed by atoms with Gasteiger partial charge in [0, 0.05) is 6.54 Å². The number of sulfonamides is 1. The molecule has 0 radical (unpaired) electrons. The van der Waals surface area contributed by atoms with Crippen LogP contribution in [-0.2, 0) is 14.8 Å².